The number of esters is 1. The Hall–Kier alpha value is -4.20. The van der Waals surface area contributed by atoms with E-state index in [4.69, 9.17) is 15.5 Å². The van der Waals surface area contributed by atoms with Crippen molar-refractivity contribution in [2.75, 3.05) is 12.8 Å². The molecule has 0 aliphatic heterocycles. The molecule has 0 amide bonds. The third kappa shape index (κ3) is 3.69. The lowest BCUT2D eigenvalue weighted by Gasteiger charge is -2.26. The number of H-pyrrole nitrogens is 1. The van der Waals surface area contributed by atoms with Crippen molar-refractivity contribution in [2.24, 2.45) is 5.92 Å². The minimum atomic E-state index is -0.265. The van der Waals surface area contributed by atoms with Crippen LogP contribution in [0.25, 0.3) is 38.9 Å². The number of nitrogens with zero attached hydrogens (tertiary/aromatic N) is 3. The molecule has 3 heterocycles. The van der Waals surface area contributed by atoms with Gasteiger partial charge in [0.15, 0.2) is 0 Å². The van der Waals surface area contributed by atoms with Gasteiger partial charge in [0.2, 0.25) is 0 Å². The second-order valence-electron chi connectivity index (χ2n) is 9.38. The molecule has 2 aromatic carbocycles. The first-order valence-electron chi connectivity index (χ1n) is 12.1. The average Bonchev–Trinajstić information content (AvgIpc) is 3.51. The molecule has 36 heavy (non-hydrogen) atoms. The Morgan fingerprint density at radius 3 is 2.67 bits per heavy atom. The lowest BCUT2D eigenvalue weighted by atomic mass is 9.81. The fraction of sp³-hybridized carbons (Fsp3) is 0.250. The zero-order valence-electron chi connectivity index (χ0n) is 19.9. The van der Waals surface area contributed by atoms with Crippen LogP contribution in [0.5, 0.6) is 0 Å². The first-order chi connectivity index (χ1) is 17.5. The number of benzene rings is 2. The van der Waals surface area contributed by atoms with Gasteiger partial charge < -0.3 is 15.5 Å². The number of nitrogens with one attached hydrogen (secondary N) is 1. The van der Waals surface area contributed by atoms with Gasteiger partial charge in [0.1, 0.15) is 28.7 Å². The monoisotopic (exact) mass is 483 g/mol. The smallest absolute Gasteiger partial charge is 0.308 e. The lowest BCUT2D eigenvalue weighted by Crippen LogP contribution is -2.23. The van der Waals surface area contributed by atoms with E-state index in [2.05, 4.69) is 16.0 Å². The highest BCUT2D eigenvalue weighted by Gasteiger charge is 2.31. The van der Waals surface area contributed by atoms with Crippen molar-refractivity contribution in [3.05, 3.63) is 72.6 Å². The number of aromatic nitrogens is 4. The molecule has 6 rings (SSSR count). The van der Waals surface area contributed by atoms with Crippen LogP contribution < -0.4 is 5.73 Å². The number of hydrogen-bond donors (Lipinski definition) is 2. The summed E-state index contributed by atoms with van der Waals surface area (Å²) in [5, 5.41) is 1.02. The topological polar surface area (TPSA) is 98.3 Å². The number of carbonyl (C=O) groups is 1. The van der Waals surface area contributed by atoms with Crippen molar-refractivity contribution in [3.63, 3.8) is 0 Å². The number of imidazole rings is 1. The van der Waals surface area contributed by atoms with Gasteiger partial charge in [-0.3, -0.25) is 9.20 Å². The Morgan fingerprint density at radius 2 is 1.92 bits per heavy atom. The molecule has 0 saturated heterocycles. The second-order valence-corrected chi connectivity index (χ2v) is 9.38. The molecule has 5 aromatic rings. The molecular weight excluding hydrogens is 457 g/mol. The summed E-state index contributed by atoms with van der Waals surface area (Å²) in [5.74, 6) is 1.08. The summed E-state index contributed by atoms with van der Waals surface area (Å²) in [6.45, 7) is 0. The lowest BCUT2D eigenvalue weighted by molar-refractivity contribution is -0.146. The van der Waals surface area contributed by atoms with E-state index < -0.39 is 0 Å². The van der Waals surface area contributed by atoms with Crippen LogP contribution in [0, 0.1) is 11.7 Å². The molecule has 0 spiro atoms. The third-order valence-corrected chi connectivity index (χ3v) is 7.30. The number of fused-ring (bicyclic) bond motifs is 2. The molecule has 1 fully saturated rings. The van der Waals surface area contributed by atoms with Crippen molar-refractivity contribution in [3.8, 4) is 22.5 Å². The summed E-state index contributed by atoms with van der Waals surface area (Å²) >= 11 is 0. The number of rotatable bonds is 4. The average molecular weight is 484 g/mol. The van der Waals surface area contributed by atoms with E-state index in [1.165, 1.54) is 19.2 Å². The van der Waals surface area contributed by atoms with E-state index in [9.17, 15) is 9.18 Å². The summed E-state index contributed by atoms with van der Waals surface area (Å²) < 4.78 is 20.5. The molecule has 3 N–H and O–H groups in total. The number of para-hydroxylation sites is 1. The highest BCUT2D eigenvalue weighted by atomic mass is 19.1. The normalized spacial score (nSPS) is 18.1. The van der Waals surface area contributed by atoms with Gasteiger partial charge in [-0.25, -0.2) is 14.4 Å². The van der Waals surface area contributed by atoms with Crippen molar-refractivity contribution < 1.29 is 13.9 Å². The highest BCUT2D eigenvalue weighted by molar-refractivity contribution is 5.98. The van der Waals surface area contributed by atoms with Crippen molar-refractivity contribution in [1.29, 1.82) is 0 Å². The van der Waals surface area contributed by atoms with E-state index in [-0.39, 0.29) is 23.6 Å². The third-order valence-electron chi connectivity index (χ3n) is 7.30. The number of nitrogens with two attached hydrogens (primary N) is 1. The van der Waals surface area contributed by atoms with Gasteiger partial charge in [-0.2, -0.15) is 0 Å². The van der Waals surface area contributed by atoms with Gasteiger partial charge in [-0.05, 0) is 49.4 Å². The number of halogens is 1. The standard InChI is InChI=1S/C28H26FN5O2/c1-36-28(35)18-7-5-17(6-8-18)27-33-24(25-26(30)31-13-14-34(25)27)22-15-19-3-2-4-21(23(19)32-22)16-9-11-20(29)12-10-16/h2-4,9-15,17-18,32H,5-8H2,1H3,(H2,30,31). The number of ether oxygens (including phenoxy) is 1. The molecular formula is C28H26FN5O2. The fourth-order valence-corrected chi connectivity index (χ4v) is 5.47. The molecule has 0 bridgehead atoms. The van der Waals surface area contributed by atoms with Gasteiger partial charge in [0.05, 0.1) is 24.2 Å². The Balaban J connectivity index is 1.44. The summed E-state index contributed by atoms with van der Waals surface area (Å²) in [4.78, 5) is 25.0. The van der Waals surface area contributed by atoms with E-state index in [1.54, 1.807) is 18.3 Å². The van der Waals surface area contributed by atoms with Crippen molar-refractivity contribution in [1.82, 2.24) is 19.4 Å². The maximum Gasteiger partial charge on any atom is 0.308 e. The van der Waals surface area contributed by atoms with Gasteiger partial charge in [-0.15, -0.1) is 0 Å². The molecule has 1 aliphatic carbocycles. The number of methoxy groups -OCH3 is 1. The summed E-state index contributed by atoms with van der Waals surface area (Å²) in [6.07, 6.45) is 6.83. The van der Waals surface area contributed by atoms with Gasteiger partial charge in [0, 0.05) is 29.3 Å². The van der Waals surface area contributed by atoms with Gasteiger partial charge >= 0.3 is 5.97 Å². The zero-order valence-corrected chi connectivity index (χ0v) is 19.9. The number of aromatic amines is 1. The Morgan fingerprint density at radius 1 is 1.14 bits per heavy atom. The van der Waals surface area contributed by atoms with E-state index in [0.29, 0.717) is 5.82 Å². The first kappa shape index (κ1) is 22.3. The van der Waals surface area contributed by atoms with Crippen LogP contribution in [0.15, 0.2) is 60.9 Å². The predicted molar refractivity (Wildman–Crippen MR) is 137 cm³/mol. The SMILES string of the molecule is COC(=O)C1CCC(c2nc(-c3cc4cccc(-c5ccc(F)cc5)c4[nH]3)c3c(N)nccn23)CC1. The van der Waals surface area contributed by atoms with Crippen molar-refractivity contribution in [2.45, 2.75) is 31.6 Å². The van der Waals surface area contributed by atoms with Crippen LogP contribution in [-0.2, 0) is 9.53 Å². The maximum atomic E-state index is 13.5. The molecule has 3 aromatic heterocycles. The Kier molecular flexibility index (Phi) is 5.44. The Labute approximate surface area is 207 Å². The second kappa shape index (κ2) is 8.78. The van der Waals surface area contributed by atoms with E-state index in [0.717, 1.165) is 70.4 Å². The summed E-state index contributed by atoms with van der Waals surface area (Å²) in [7, 11) is 1.44. The minimum absolute atomic E-state index is 0.0535. The van der Waals surface area contributed by atoms with E-state index in [1.807, 2.05) is 28.8 Å². The molecule has 182 valence electrons. The van der Waals surface area contributed by atoms with Gasteiger partial charge in [0.25, 0.3) is 0 Å². The molecule has 8 heteroatoms. The van der Waals surface area contributed by atoms with Crippen LogP contribution >= 0.6 is 0 Å². The quantitative estimate of drug-likeness (QED) is 0.319. The van der Waals surface area contributed by atoms with Crippen LogP contribution in [0.2, 0.25) is 0 Å². The van der Waals surface area contributed by atoms with Crippen molar-refractivity contribution >= 4 is 28.2 Å². The van der Waals surface area contributed by atoms with Crippen LogP contribution in [0.1, 0.15) is 37.4 Å². The molecule has 0 atom stereocenters. The number of anilines is 1. The summed E-state index contributed by atoms with van der Waals surface area (Å²) in [5.41, 5.74) is 11.6. The van der Waals surface area contributed by atoms with Crippen LogP contribution in [0.3, 0.4) is 0 Å². The number of carbonyl (C=O) groups excluding carboxylic acids is 1. The highest BCUT2D eigenvalue weighted by Crippen LogP contribution is 2.40. The summed E-state index contributed by atoms with van der Waals surface area (Å²) in [6, 6.07) is 14.6. The fourth-order valence-electron chi connectivity index (χ4n) is 5.47. The predicted octanol–water partition coefficient (Wildman–Crippen LogP) is 5.71. The van der Waals surface area contributed by atoms with Crippen LogP contribution in [0.4, 0.5) is 10.2 Å². The zero-order chi connectivity index (χ0) is 24.8. The van der Waals surface area contributed by atoms with Crippen LogP contribution in [-0.4, -0.2) is 32.4 Å². The Bertz CT molecular complexity index is 1580. The molecule has 0 unspecified atom stereocenters. The first-order valence-corrected chi connectivity index (χ1v) is 12.1. The molecule has 1 saturated carbocycles. The molecule has 7 nitrogen and oxygen atoms in total. The largest absolute Gasteiger partial charge is 0.469 e. The van der Waals surface area contributed by atoms with E-state index >= 15 is 0 Å². The minimum Gasteiger partial charge on any atom is -0.469 e. The molecule has 1 aliphatic rings. The van der Waals surface area contributed by atoms with Gasteiger partial charge in [-0.1, -0.05) is 30.3 Å². The number of nitrogen functional groups attached to an aromatic ring is 1. The molecule has 0 radical (unpaired) electrons. The number of hydrogen-bond acceptors (Lipinski definition) is 5. The maximum absolute atomic E-state index is 13.5.